The molecule has 4 rings (SSSR count). The molecule has 0 atom stereocenters. The predicted octanol–water partition coefficient (Wildman–Crippen LogP) is 4.89. The highest BCUT2D eigenvalue weighted by Crippen LogP contribution is 2.23. The lowest BCUT2D eigenvalue weighted by Crippen LogP contribution is -2.24. The van der Waals surface area contributed by atoms with Crippen molar-refractivity contribution in [3.63, 3.8) is 0 Å². The summed E-state index contributed by atoms with van der Waals surface area (Å²) in [7, 11) is 0. The zero-order chi connectivity index (χ0) is 18.6. The molecule has 4 nitrogen and oxygen atoms in total. The maximum Gasteiger partial charge on any atom is 0.262 e. The van der Waals surface area contributed by atoms with E-state index in [0.29, 0.717) is 17.1 Å². The lowest BCUT2D eigenvalue weighted by Gasteiger charge is -2.13. The van der Waals surface area contributed by atoms with Gasteiger partial charge in [0.2, 0.25) is 0 Å². The molecule has 0 saturated carbocycles. The lowest BCUT2D eigenvalue weighted by molar-refractivity contribution is 0.656. The summed E-state index contributed by atoms with van der Waals surface area (Å²) >= 11 is 5.03. The number of nitrogens with zero attached hydrogens (tertiary/aromatic N) is 3. The zero-order valence-corrected chi connectivity index (χ0v) is 16.8. The Labute approximate surface area is 169 Å². The average molecular weight is 438 g/mol. The standard InChI is InChI=1S/C21H16BrN3OS/c22-17-9-7-15(8-10-17)14-27-21-24-19-6-2-1-5-18(19)20(26)25(21)13-16-4-3-11-23-12-16/h1-12H,13-14H2. The van der Waals surface area contributed by atoms with Gasteiger partial charge < -0.3 is 0 Å². The molecule has 4 aromatic rings. The molecule has 0 aliphatic heterocycles. The minimum absolute atomic E-state index is 0.0252. The number of hydrogen-bond donors (Lipinski definition) is 0. The molecule has 0 aliphatic carbocycles. The fraction of sp³-hybridized carbons (Fsp3) is 0.0952. The zero-order valence-electron chi connectivity index (χ0n) is 14.4. The summed E-state index contributed by atoms with van der Waals surface area (Å²) in [6.45, 7) is 0.452. The Morgan fingerprint density at radius 1 is 0.963 bits per heavy atom. The Morgan fingerprint density at radius 3 is 2.56 bits per heavy atom. The number of thioether (sulfide) groups is 1. The van der Waals surface area contributed by atoms with Gasteiger partial charge in [-0.15, -0.1) is 0 Å². The number of aromatic nitrogens is 3. The molecule has 0 radical (unpaired) electrons. The quantitative estimate of drug-likeness (QED) is 0.329. The molecular formula is C21H16BrN3OS. The van der Waals surface area contributed by atoms with Crippen molar-refractivity contribution >= 4 is 38.6 Å². The van der Waals surface area contributed by atoms with E-state index in [1.807, 2.05) is 48.5 Å². The van der Waals surface area contributed by atoms with Crippen molar-refractivity contribution in [2.24, 2.45) is 0 Å². The number of rotatable bonds is 5. The molecule has 0 aliphatic rings. The van der Waals surface area contributed by atoms with Crippen LogP contribution in [0.5, 0.6) is 0 Å². The Balaban J connectivity index is 1.73. The first kappa shape index (κ1) is 17.9. The molecule has 134 valence electrons. The molecule has 2 aromatic carbocycles. The maximum atomic E-state index is 13.1. The lowest BCUT2D eigenvalue weighted by atomic mass is 10.2. The molecule has 2 aromatic heterocycles. The van der Waals surface area contributed by atoms with Gasteiger partial charge in [0.05, 0.1) is 17.4 Å². The highest BCUT2D eigenvalue weighted by atomic mass is 79.9. The molecule has 0 fully saturated rings. The molecule has 27 heavy (non-hydrogen) atoms. The van der Waals surface area contributed by atoms with Gasteiger partial charge in [-0.25, -0.2) is 4.98 Å². The summed E-state index contributed by atoms with van der Waals surface area (Å²) in [6, 6.07) is 19.5. The monoisotopic (exact) mass is 437 g/mol. The van der Waals surface area contributed by atoms with E-state index in [1.165, 1.54) is 5.56 Å². The van der Waals surface area contributed by atoms with Gasteiger partial charge in [-0.05, 0) is 41.5 Å². The number of pyridine rings is 1. The Morgan fingerprint density at radius 2 is 1.78 bits per heavy atom. The fourth-order valence-electron chi connectivity index (χ4n) is 2.80. The summed E-state index contributed by atoms with van der Waals surface area (Å²) in [4.78, 5) is 22.0. The van der Waals surface area contributed by atoms with E-state index in [9.17, 15) is 4.79 Å². The average Bonchev–Trinajstić information content (AvgIpc) is 2.71. The van der Waals surface area contributed by atoms with Gasteiger partial charge >= 0.3 is 0 Å². The van der Waals surface area contributed by atoms with Crippen LogP contribution in [-0.2, 0) is 12.3 Å². The number of hydrogen-bond acceptors (Lipinski definition) is 4. The number of halogens is 1. The number of fused-ring (bicyclic) bond motifs is 1. The Bertz CT molecular complexity index is 1130. The van der Waals surface area contributed by atoms with E-state index in [-0.39, 0.29) is 5.56 Å². The van der Waals surface area contributed by atoms with Crippen molar-refractivity contribution in [2.45, 2.75) is 17.5 Å². The third kappa shape index (κ3) is 4.12. The molecule has 0 bridgehead atoms. The van der Waals surface area contributed by atoms with Crippen LogP contribution in [0.15, 0.2) is 87.5 Å². The van der Waals surface area contributed by atoms with Crippen LogP contribution in [0, 0.1) is 0 Å². The van der Waals surface area contributed by atoms with Crippen LogP contribution in [0.2, 0.25) is 0 Å². The van der Waals surface area contributed by atoms with Crippen LogP contribution in [0.1, 0.15) is 11.1 Å². The smallest absolute Gasteiger partial charge is 0.262 e. The minimum Gasteiger partial charge on any atom is -0.283 e. The van der Waals surface area contributed by atoms with E-state index < -0.39 is 0 Å². The third-order valence-electron chi connectivity index (χ3n) is 4.17. The van der Waals surface area contributed by atoms with Crippen molar-refractivity contribution in [3.05, 3.63) is 99.0 Å². The van der Waals surface area contributed by atoms with Gasteiger partial charge in [-0.2, -0.15) is 0 Å². The van der Waals surface area contributed by atoms with E-state index in [0.717, 1.165) is 21.3 Å². The normalized spacial score (nSPS) is 11.0. The van der Waals surface area contributed by atoms with Crippen molar-refractivity contribution in [1.82, 2.24) is 14.5 Å². The summed E-state index contributed by atoms with van der Waals surface area (Å²) in [6.07, 6.45) is 3.51. The van der Waals surface area contributed by atoms with Crippen molar-refractivity contribution < 1.29 is 0 Å². The summed E-state index contributed by atoms with van der Waals surface area (Å²) in [5.41, 5.74) is 2.85. The highest BCUT2D eigenvalue weighted by molar-refractivity contribution is 9.10. The van der Waals surface area contributed by atoms with Gasteiger partial charge in [0.15, 0.2) is 5.16 Å². The fourth-order valence-corrected chi connectivity index (χ4v) is 4.02. The van der Waals surface area contributed by atoms with E-state index >= 15 is 0 Å². The second-order valence-electron chi connectivity index (χ2n) is 6.08. The SMILES string of the molecule is O=c1c2ccccc2nc(SCc2ccc(Br)cc2)n1Cc1cccnc1. The van der Waals surface area contributed by atoms with Crippen LogP contribution < -0.4 is 5.56 Å². The molecule has 0 N–H and O–H groups in total. The molecule has 6 heteroatoms. The first-order chi connectivity index (χ1) is 13.2. The van der Waals surface area contributed by atoms with Gasteiger partial charge in [0.25, 0.3) is 5.56 Å². The molecular weight excluding hydrogens is 422 g/mol. The van der Waals surface area contributed by atoms with Crippen LogP contribution in [0.4, 0.5) is 0 Å². The minimum atomic E-state index is -0.0252. The van der Waals surface area contributed by atoms with Crippen molar-refractivity contribution in [2.75, 3.05) is 0 Å². The summed E-state index contributed by atoms with van der Waals surface area (Å²) in [5.74, 6) is 0.741. The van der Waals surface area contributed by atoms with Gasteiger partial charge in [0, 0.05) is 22.6 Å². The molecule has 0 unspecified atom stereocenters. The van der Waals surface area contributed by atoms with E-state index in [2.05, 4.69) is 33.0 Å². The third-order valence-corrected chi connectivity index (χ3v) is 5.75. The van der Waals surface area contributed by atoms with Crippen LogP contribution >= 0.6 is 27.7 Å². The Hall–Kier alpha value is -2.44. The molecule has 2 heterocycles. The maximum absolute atomic E-state index is 13.1. The molecule has 0 spiro atoms. The molecule has 0 amide bonds. The van der Waals surface area contributed by atoms with Crippen LogP contribution in [-0.4, -0.2) is 14.5 Å². The second kappa shape index (κ2) is 8.06. The second-order valence-corrected chi connectivity index (χ2v) is 7.94. The summed E-state index contributed by atoms with van der Waals surface area (Å²) < 4.78 is 2.79. The predicted molar refractivity (Wildman–Crippen MR) is 113 cm³/mol. The highest BCUT2D eigenvalue weighted by Gasteiger charge is 2.12. The van der Waals surface area contributed by atoms with Gasteiger partial charge in [-0.1, -0.05) is 58.0 Å². The van der Waals surface area contributed by atoms with Gasteiger partial charge in [0.1, 0.15) is 0 Å². The largest absolute Gasteiger partial charge is 0.283 e. The van der Waals surface area contributed by atoms with E-state index in [1.54, 1.807) is 28.7 Å². The van der Waals surface area contributed by atoms with Crippen LogP contribution in [0.3, 0.4) is 0 Å². The molecule has 0 saturated heterocycles. The van der Waals surface area contributed by atoms with E-state index in [4.69, 9.17) is 4.98 Å². The van der Waals surface area contributed by atoms with Crippen molar-refractivity contribution in [3.8, 4) is 0 Å². The van der Waals surface area contributed by atoms with Crippen molar-refractivity contribution in [1.29, 1.82) is 0 Å². The van der Waals surface area contributed by atoms with Crippen LogP contribution in [0.25, 0.3) is 10.9 Å². The topological polar surface area (TPSA) is 47.8 Å². The number of para-hydroxylation sites is 1. The Kier molecular flexibility index (Phi) is 5.36. The van der Waals surface area contributed by atoms with Gasteiger partial charge in [-0.3, -0.25) is 14.3 Å². The first-order valence-corrected chi connectivity index (χ1v) is 10.2. The summed E-state index contributed by atoms with van der Waals surface area (Å²) in [5, 5.41) is 1.35. The first-order valence-electron chi connectivity index (χ1n) is 8.46. The number of benzene rings is 2.